The van der Waals surface area contributed by atoms with Crippen molar-refractivity contribution in [2.24, 2.45) is 0 Å². The molecular weight excluding hydrogens is 326 g/mol. The van der Waals surface area contributed by atoms with E-state index in [9.17, 15) is 14.4 Å². The highest BCUT2D eigenvalue weighted by molar-refractivity contribution is 6.23. The first-order valence-electron chi connectivity index (χ1n) is 7.28. The number of pyridine rings is 1. The summed E-state index contributed by atoms with van der Waals surface area (Å²) < 4.78 is 6.51. The number of benzene rings is 1. The van der Waals surface area contributed by atoms with E-state index >= 15 is 0 Å². The maximum atomic E-state index is 12.4. The summed E-state index contributed by atoms with van der Waals surface area (Å²) in [5, 5.41) is 9.80. The number of nitrogens with one attached hydrogen (secondary N) is 1. The molecule has 0 spiro atoms. The largest absolute Gasteiger partial charge is 0.421 e. The molecule has 1 aliphatic rings. The summed E-state index contributed by atoms with van der Waals surface area (Å²) in [5.41, 5.74) is 6.57. The number of amides is 2. The van der Waals surface area contributed by atoms with Crippen LogP contribution in [-0.4, -0.2) is 26.6 Å². The van der Waals surface area contributed by atoms with Crippen molar-refractivity contribution >= 4 is 17.6 Å². The van der Waals surface area contributed by atoms with Crippen LogP contribution in [0.5, 0.6) is 0 Å². The molecule has 3 aromatic rings. The standard InChI is InChI=1S/C16H11N5O4/c1-7-19-20-16(25-7)8-2-4-9(5-3-8)21-11(22)6-10-12(13(21)17)15(24)18-14(10)23/h2-6H,17H2,1H3,(H,18,23,24). The Hall–Kier alpha value is -3.75. The first-order chi connectivity index (χ1) is 12.0. The van der Waals surface area contributed by atoms with Crippen molar-refractivity contribution in [3.63, 3.8) is 0 Å². The molecular formula is C16H11N5O4. The molecule has 9 nitrogen and oxygen atoms in total. The Morgan fingerprint density at radius 1 is 1.08 bits per heavy atom. The predicted molar refractivity (Wildman–Crippen MR) is 86.3 cm³/mol. The number of nitrogens with zero attached hydrogens (tertiary/aromatic N) is 3. The van der Waals surface area contributed by atoms with Crippen molar-refractivity contribution in [1.82, 2.24) is 20.1 Å². The van der Waals surface area contributed by atoms with Crippen LogP contribution in [0, 0.1) is 6.92 Å². The highest BCUT2D eigenvalue weighted by atomic mass is 16.4. The molecule has 3 N–H and O–H groups in total. The van der Waals surface area contributed by atoms with Crippen molar-refractivity contribution in [2.75, 3.05) is 5.73 Å². The zero-order valence-electron chi connectivity index (χ0n) is 12.9. The molecule has 2 aromatic heterocycles. The number of imide groups is 1. The fourth-order valence-corrected chi connectivity index (χ4v) is 2.71. The van der Waals surface area contributed by atoms with Crippen LogP contribution < -0.4 is 16.6 Å². The average Bonchev–Trinajstić information content (AvgIpc) is 3.12. The van der Waals surface area contributed by atoms with Gasteiger partial charge in [-0.1, -0.05) is 0 Å². The van der Waals surface area contributed by atoms with Gasteiger partial charge in [-0.15, -0.1) is 10.2 Å². The van der Waals surface area contributed by atoms with Crippen molar-refractivity contribution in [3.8, 4) is 17.1 Å². The van der Waals surface area contributed by atoms with Gasteiger partial charge < -0.3 is 10.2 Å². The Balaban J connectivity index is 1.83. The highest BCUT2D eigenvalue weighted by Gasteiger charge is 2.31. The monoisotopic (exact) mass is 337 g/mol. The third-order valence-corrected chi connectivity index (χ3v) is 3.85. The van der Waals surface area contributed by atoms with Gasteiger partial charge in [0.1, 0.15) is 5.82 Å². The number of nitrogens with two attached hydrogens (primary N) is 1. The van der Waals surface area contributed by atoms with Gasteiger partial charge in [0.05, 0.1) is 16.8 Å². The zero-order chi connectivity index (χ0) is 17.7. The van der Waals surface area contributed by atoms with E-state index in [0.29, 0.717) is 23.0 Å². The molecule has 124 valence electrons. The molecule has 4 rings (SSSR count). The van der Waals surface area contributed by atoms with E-state index in [-0.39, 0.29) is 16.9 Å². The molecule has 0 saturated heterocycles. The van der Waals surface area contributed by atoms with E-state index in [0.717, 1.165) is 6.07 Å². The van der Waals surface area contributed by atoms with Crippen LogP contribution in [0.25, 0.3) is 17.1 Å². The van der Waals surface area contributed by atoms with E-state index < -0.39 is 17.4 Å². The predicted octanol–water partition coefficient (Wildman–Crippen LogP) is 0.662. The Kier molecular flexibility index (Phi) is 3.04. The first-order valence-corrected chi connectivity index (χ1v) is 7.28. The second-order valence-electron chi connectivity index (χ2n) is 5.45. The second-order valence-corrected chi connectivity index (χ2v) is 5.45. The lowest BCUT2D eigenvalue weighted by atomic mass is 10.1. The summed E-state index contributed by atoms with van der Waals surface area (Å²) in [6.45, 7) is 1.68. The summed E-state index contributed by atoms with van der Waals surface area (Å²) >= 11 is 0. The van der Waals surface area contributed by atoms with Gasteiger partial charge in [0, 0.05) is 18.6 Å². The lowest BCUT2D eigenvalue weighted by Crippen LogP contribution is -2.24. The van der Waals surface area contributed by atoms with Crippen LogP contribution >= 0.6 is 0 Å². The third-order valence-electron chi connectivity index (χ3n) is 3.85. The minimum absolute atomic E-state index is 0.00111. The Bertz CT molecular complexity index is 1090. The van der Waals surface area contributed by atoms with Gasteiger partial charge in [-0.05, 0) is 24.3 Å². The summed E-state index contributed by atoms with van der Waals surface area (Å²) in [6.07, 6.45) is 0. The molecule has 1 aliphatic heterocycles. The molecule has 9 heteroatoms. The molecule has 0 radical (unpaired) electrons. The van der Waals surface area contributed by atoms with E-state index in [2.05, 4.69) is 15.5 Å². The van der Waals surface area contributed by atoms with Gasteiger partial charge >= 0.3 is 0 Å². The number of hydrogen-bond donors (Lipinski definition) is 2. The van der Waals surface area contributed by atoms with Crippen LogP contribution in [0.1, 0.15) is 26.6 Å². The number of nitrogen functional groups attached to an aromatic ring is 1. The molecule has 25 heavy (non-hydrogen) atoms. The summed E-state index contributed by atoms with van der Waals surface area (Å²) in [6, 6.07) is 7.74. The van der Waals surface area contributed by atoms with Gasteiger partial charge in [0.25, 0.3) is 17.4 Å². The maximum absolute atomic E-state index is 12.4. The molecule has 2 amide bonds. The van der Waals surface area contributed by atoms with E-state index in [1.807, 2.05) is 0 Å². The van der Waals surface area contributed by atoms with E-state index in [1.54, 1.807) is 31.2 Å². The number of fused-ring (bicyclic) bond motifs is 1. The molecule has 0 unspecified atom stereocenters. The number of rotatable bonds is 2. The quantitative estimate of drug-likeness (QED) is 0.656. The topological polar surface area (TPSA) is 133 Å². The normalized spacial score (nSPS) is 13.0. The van der Waals surface area contributed by atoms with Crippen LogP contribution in [-0.2, 0) is 0 Å². The van der Waals surface area contributed by atoms with Crippen LogP contribution in [0.15, 0.2) is 39.5 Å². The number of hydrogen-bond acceptors (Lipinski definition) is 7. The highest BCUT2D eigenvalue weighted by Crippen LogP contribution is 2.24. The van der Waals surface area contributed by atoms with Gasteiger partial charge in [-0.25, -0.2) is 0 Å². The first kappa shape index (κ1) is 14.8. The smallest absolute Gasteiger partial charge is 0.262 e. The summed E-state index contributed by atoms with van der Waals surface area (Å²) in [7, 11) is 0. The number of aromatic nitrogens is 3. The Morgan fingerprint density at radius 3 is 2.44 bits per heavy atom. The third kappa shape index (κ3) is 2.21. The molecule has 0 bridgehead atoms. The SMILES string of the molecule is Cc1nnc(-c2ccc(-n3c(N)c4c(cc3=O)C(=O)NC4=O)cc2)o1. The fourth-order valence-electron chi connectivity index (χ4n) is 2.71. The molecule has 0 aliphatic carbocycles. The van der Waals surface area contributed by atoms with Gasteiger partial charge in [-0.2, -0.15) is 0 Å². The van der Waals surface area contributed by atoms with Crippen molar-refractivity contribution in [3.05, 3.63) is 57.7 Å². The van der Waals surface area contributed by atoms with E-state index in [4.69, 9.17) is 10.2 Å². The van der Waals surface area contributed by atoms with Crippen LogP contribution in [0.4, 0.5) is 5.82 Å². The maximum Gasteiger partial charge on any atom is 0.262 e. The number of carbonyl (C=O) groups excluding carboxylic acids is 2. The fraction of sp³-hybridized carbons (Fsp3) is 0.0625. The van der Waals surface area contributed by atoms with Crippen LogP contribution in [0.2, 0.25) is 0 Å². The van der Waals surface area contributed by atoms with Gasteiger partial charge in [0.2, 0.25) is 11.8 Å². The van der Waals surface area contributed by atoms with Crippen LogP contribution in [0.3, 0.4) is 0 Å². The minimum atomic E-state index is -0.627. The number of carbonyl (C=O) groups is 2. The lowest BCUT2D eigenvalue weighted by molar-refractivity contribution is 0.0880. The van der Waals surface area contributed by atoms with Crippen molar-refractivity contribution < 1.29 is 14.0 Å². The average molecular weight is 337 g/mol. The summed E-state index contributed by atoms with van der Waals surface area (Å²) in [4.78, 5) is 35.9. The zero-order valence-corrected chi connectivity index (χ0v) is 12.9. The molecule has 1 aromatic carbocycles. The molecule has 0 fully saturated rings. The van der Waals surface area contributed by atoms with Gasteiger partial charge in [0.15, 0.2) is 0 Å². The Labute approximate surface area is 140 Å². The Morgan fingerprint density at radius 2 is 1.80 bits per heavy atom. The minimum Gasteiger partial charge on any atom is -0.421 e. The van der Waals surface area contributed by atoms with E-state index in [1.165, 1.54) is 4.57 Å². The van der Waals surface area contributed by atoms with Crippen molar-refractivity contribution in [2.45, 2.75) is 6.92 Å². The molecule has 0 atom stereocenters. The van der Waals surface area contributed by atoms with Gasteiger partial charge in [-0.3, -0.25) is 24.3 Å². The molecule has 3 heterocycles. The molecule has 0 saturated carbocycles. The summed E-state index contributed by atoms with van der Waals surface area (Å²) in [5.74, 6) is -0.549. The number of aryl methyl sites for hydroxylation is 1. The second kappa shape index (κ2) is 5.13. The van der Waals surface area contributed by atoms with Crippen molar-refractivity contribution in [1.29, 1.82) is 0 Å². The lowest BCUT2D eigenvalue weighted by Gasteiger charge is -2.12. The number of anilines is 1.